The lowest BCUT2D eigenvalue weighted by Gasteiger charge is -2.44. The largest absolute Gasteiger partial charge is 0.380 e. The van der Waals surface area contributed by atoms with E-state index < -0.39 is 33.2 Å². The first-order valence-corrected chi connectivity index (χ1v) is 26.7. The second-order valence-corrected chi connectivity index (χ2v) is 22.0. The van der Waals surface area contributed by atoms with Crippen molar-refractivity contribution in [3.63, 3.8) is 0 Å². The van der Waals surface area contributed by atoms with E-state index >= 15 is 0 Å². The fourth-order valence-electron chi connectivity index (χ4n) is 14.8. The van der Waals surface area contributed by atoms with E-state index in [1.165, 1.54) is 0 Å². The number of benzene rings is 7. The van der Waals surface area contributed by atoms with Gasteiger partial charge in [-0.3, -0.25) is 0 Å². The molecule has 0 fully saturated rings. The molecular formula is C70H62O4. The Balaban J connectivity index is 1.02. The predicted molar refractivity (Wildman–Crippen MR) is 297 cm³/mol. The normalized spacial score (nSPS) is 26.9. The molecule has 7 unspecified atom stereocenters. The molecule has 4 heteroatoms. The van der Waals surface area contributed by atoms with Gasteiger partial charge in [-0.05, 0) is 129 Å². The minimum atomic E-state index is -1.56. The van der Waals surface area contributed by atoms with E-state index in [0.29, 0.717) is 32.1 Å². The van der Waals surface area contributed by atoms with Crippen LogP contribution in [0.15, 0.2) is 231 Å². The van der Waals surface area contributed by atoms with E-state index in [9.17, 15) is 20.4 Å². The Morgan fingerprint density at radius 2 is 1.16 bits per heavy atom. The molecule has 1 spiro atoms. The zero-order valence-corrected chi connectivity index (χ0v) is 42.1. The quantitative estimate of drug-likeness (QED) is 0.110. The fourth-order valence-corrected chi connectivity index (χ4v) is 14.8. The van der Waals surface area contributed by atoms with Crippen LogP contribution in [0, 0.1) is 17.3 Å². The molecule has 6 aliphatic carbocycles. The van der Waals surface area contributed by atoms with Crippen molar-refractivity contribution in [2.45, 2.75) is 80.2 Å². The summed E-state index contributed by atoms with van der Waals surface area (Å²) in [6.07, 6.45) is 29.2. The summed E-state index contributed by atoms with van der Waals surface area (Å²) in [6.45, 7) is 4.36. The van der Waals surface area contributed by atoms with Gasteiger partial charge in [-0.2, -0.15) is 0 Å². The maximum atomic E-state index is 14.2. The van der Waals surface area contributed by atoms with E-state index in [4.69, 9.17) is 0 Å². The highest BCUT2D eigenvalue weighted by atomic mass is 16.3. The number of aryl methyl sites for hydroxylation is 3. The maximum absolute atomic E-state index is 14.2. The maximum Gasteiger partial charge on any atom is 0.142 e. The smallest absolute Gasteiger partial charge is 0.142 e. The molecule has 7 aromatic carbocycles. The molecular weight excluding hydrogens is 905 g/mol. The van der Waals surface area contributed by atoms with Crippen molar-refractivity contribution in [3.8, 4) is 11.1 Å². The molecule has 0 amide bonds. The van der Waals surface area contributed by atoms with Gasteiger partial charge in [0.1, 0.15) is 22.4 Å². The monoisotopic (exact) mass is 966 g/mol. The van der Waals surface area contributed by atoms with E-state index in [-0.39, 0.29) is 11.8 Å². The molecule has 0 saturated heterocycles. The fraction of sp³-hybridized carbons (Fsp3) is 0.229. The summed E-state index contributed by atoms with van der Waals surface area (Å²) in [5, 5.41) is 55.5. The van der Waals surface area contributed by atoms with Gasteiger partial charge in [0.25, 0.3) is 0 Å². The lowest BCUT2D eigenvalue weighted by molar-refractivity contribution is -0.0147. The molecule has 0 aromatic heterocycles. The van der Waals surface area contributed by atoms with Crippen molar-refractivity contribution in [2.24, 2.45) is 17.3 Å². The van der Waals surface area contributed by atoms with Crippen LogP contribution in [0.1, 0.15) is 105 Å². The third kappa shape index (κ3) is 6.42. The highest BCUT2D eigenvalue weighted by Gasteiger charge is 2.60. The van der Waals surface area contributed by atoms with Crippen LogP contribution in [-0.2, 0) is 53.5 Å². The second-order valence-electron chi connectivity index (χ2n) is 22.0. The summed E-state index contributed by atoms with van der Waals surface area (Å²) in [6, 6.07) is 54.0. The summed E-state index contributed by atoms with van der Waals surface area (Å²) in [5.74, 6) is -0.543. The van der Waals surface area contributed by atoms with Crippen LogP contribution in [-0.4, -0.2) is 20.4 Å². The van der Waals surface area contributed by atoms with Crippen LogP contribution in [0.4, 0.5) is 0 Å². The number of rotatable bonds is 10. The van der Waals surface area contributed by atoms with Crippen LogP contribution >= 0.6 is 0 Å². The van der Waals surface area contributed by atoms with Crippen molar-refractivity contribution in [3.05, 3.63) is 309 Å². The zero-order valence-electron chi connectivity index (χ0n) is 42.1. The van der Waals surface area contributed by atoms with Gasteiger partial charge < -0.3 is 20.4 Å². The van der Waals surface area contributed by atoms with Gasteiger partial charge in [0, 0.05) is 33.8 Å². The van der Waals surface area contributed by atoms with Gasteiger partial charge in [0.2, 0.25) is 0 Å². The van der Waals surface area contributed by atoms with Gasteiger partial charge in [-0.1, -0.05) is 232 Å². The van der Waals surface area contributed by atoms with Crippen molar-refractivity contribution >= 4 is 0 Å². The lowest BCUT2D eigenvalue weighted by Crippen LogP contribution is -2.44. The van der Waals surface area contributed by atoms with Gasteiger partial charge >= 0.3 is 0 Å². The molecule has 0 radical (unpaired) electrons. The first-order chi connectivity index (χ1) is 36.0. The zero-order chi connectivity index (χ0) is 50.5. The van der Waals surface area contributed by atoms with Gasteiger partial charge in [0.15, 0.2) is 0 Å². The van der Waals surface area contributed by atoms with Gasteiger partial charge in [-0.25, -0.2) is 0 Å². The summed E-state index contributed by atoms with van der Waals surface area (Å²) < 4.78 is 0. The minimum Gasteiger partial charge on any atom is -0.380 e. The number of allylic oxidation sites excluding steroid dienone is 9. The van der Waals surface area contributed by atoms with Crippen LogP contribution < -0.4 is 0 Å². The summed E-state index contributed by atoms with van der Waals surface area (Å²) in [4.78, 5) is 0. The molecule has 0 bridgehead atoms. The predicted octanol–water partition coefficient (Wildman–Crippen LogP) is 13.2. The molecule has 4 nitrogen and oxygen atoms in total. The molecule has 366 valence electrons. The van der Waals surface area contributed by atoms with Gasteiger partial charge in [-0.15, -0.1) is 0 Å². The SMILES string of the molecule is CCc1ccccc1C(O)(c1ccc(CCc2ccc(C3(O)c4ccccc4C4(C)C=CC=CC43)cc2C2(O)c3ccccc3CC23C=CC=CC3)c(C2(O)c3ccccc3-c3ccccc32)c1)C1C=CC=CC1. The third-order valence-electron chi connectivity index (χ3n) is 18.4. The van der Waals surface area contributed by atoms with E-state index in [1.807, 2.05) is 72.8 Å². The number of fused-ring (bicyclic) bond motifs is 7. The van der Waals surface area contributed by atoms with Gasteiger partial charge in [0.05, 0.1) is 0 Å². The second kappa shape index (κ2) is 17.2. The Bertz CT molecular complexity index is 3560. The first-order valence-electron chi connectivity index (χ1n) is 26.7. The first kappa shape index (κ1) is 46.6. The number of hydrogen-bond donors (Lipinski definition) is 4. The number of hydrogen-bond acceptors (Lipinski definition) is 4. The van der Waals surface area contributed by atoms with Crippen molar-refractivity contribution < 1.29 is 20.4 Å². The highest BCUT2D eigenvalue weighted by Crippen LogP contribution is 2.62. The Kier molecular flexibility index (Phi) is 10.8. The molecule has 74 heavy (non-hydrogen) atoms. The number of aliphatic hydroxyl groups is 4. The molecule has 0 saturated carbocycles. The lowest BCUT2D eigenvalue weighted by atomic mass is 9.63. The van der Waals surface area contributed by atoms with Crippen LogP contribution in [0.2, 0.25) is 0 Å². The summed E-state index contributed by atoms with van der Waals surface area (Å²) in [5.41, 5.74) is 7.44. The van der Waals surface area contributed by atoms with Crippen molar-refractivity contribution in [2.75, 3.05) is 0 Å². The molecule has 7 atom stereocenters. The molecule has 0 aliphatic heterocycles. The average molecular weight is 967 g/mol. The molecule has 4 N–H and O–H groups in total. The minimum absolute atomic E-state index is 0.261. The Morgan fingerprint density at radius 3 is 1.88 bits per heavy atom. The average Bonchev–Trinajstić information content (AvgIpc) is 3.97. The van der Waals surface area contributed by atoms with Crippen LogP contribution in [0.3, 0.4) is 0 Å². The molecule has 6 aliphatic rings. The summed E-state index contributed by atoms with van der Waals surface area (Å²) >= 11 is 0. The van der Waals surface area contributed by atoms with Crippen LogP contribution in [0.25, 0.3) is 11.1 Å². The Morgan fingerprint density at radius 1 is 0.541 bits per heavy atom. The highest BCUT2D eigenvalue weighted by molar-refractivity contribution is 5.82. The Hall–Kier alpha value is -7.18. The third-order valence-corrected chi connectivity index (χ3v) is 18.4. The molecule has 13 rings (SSSR count). The standard InChI is InChI=1S/C70H62O4/c1-3-47-22-8-12-28-56(47)67(71,51-24-6-4-7-25-51)52-39-37-48(62(44-52)69(73)58-30-14-10-26-54(58)55-27-11-15-31-59(55)69)35-36-49-38-40-53(68(72)61-33-17-16-32-60(61)65(2)41-21-18-34-64(65)68)45-63(49)70(74)57-29-13-9-23-50(57)46-66(70)42-19-5-20-43-66/h4-24,26-34,37-42,44-45,51,64,71-74H,3,25,35-36,43,46H2,1-2H3. The van der Waals surface area contributed by atoms with Crippen molar-refractivity contribution in [1.29, 1.82) is 0 Å². The Labute approximate surface area is 435 Å². The van der Waals surface area contributed by atoms with E-state index in [1.54, 1.807) is 0 Å². The summed E-state index contributed by atoms with van der Waals surface area (Å²) in [7, 11) is 0. The van der Waals surface area contributed by atoms with Crippen molar-refractivity contribution in [1.82, 2.24) is 0 Å². The topological polar surface area (TPSA) is 80.9 Å². The van der Waals surface area contributed by atoms with E-state index in [2.05, 4.69) is 172 Å². The molecule has 7 aromatic rings. The molecule has 0 heterocycles. The van der Waals surface area contributed by atoms with Crippen LogP contribution in [0.5, 0.6) is 0 Å². The van der Waals surface area contributed by atoms with E-state index in [0.717, 1.165) is 95.4 Å².